The zero-order valence-corrected chi connectivity index (χ0v) is 17.4. The summed E-state index contributed by atoms with van der Waals surface area (Å²) in [6.07, 6.45) is 4.82. The van der Waals surface area contributed by atoms with Crippen molar-refractivity contribution in [3.05, 3.63) is 65.0 Å². The van der Waals surface area contributed by atoms with Crippen molar-refractivity contribution in [1.82, 2.24) is 35.6 Å². The number of halogens is 1. The number of hydrogen-bond acceptors (Lipinski definition) is 5. The van der Waals surface area contributed by atoms with Gasteiger partial charge >= 0.3 is 0 Å². The van der Waals surface area contributed by atoms with Crippen LogP contribution in [0.5, 0.6) is 0 Å². The summed E-state index contributed by atoms with van der Waals surface area (Å²) in [6.45, 7) is 5.68. The number of carbonyl (C=O) groups excluding carboxylic acids is 1. The molecule has 0 fully saturated rings. The van der Waals surface area contributed by atoms with Crippen LogP contribution in [0.15, 0.2) is 36.9 Å². The second-order valence-electron chi connectivity index (χ2n) is 7.18. The number of hydrogen-bond donors (Lipinski definition) is 3. The van der Waals surface area contributed by atoms with Crippen LogP contribution < -0.4 is 10.6 Å². The average Bonchev–Trinajstić information content (AvgIpc) is 3.38. The number of nitrogens with one attached hydrogen (secondary N) is 3. The molecule has 0 spiro atoms. The number of aryl methyl sites for hydroxylation is 1. The van der Waals surface area contributed by atoms with Gasteiger partial charge in [-0.2, -0.15) is 10.2 Å². The van der Waals surface area contributed by atoms with Gasteiger partial charge in [0.15, 0.2) is 5.69 Å². The molecule has 3 N–H and O–H groups in total. The molecule has 9 heteroatoms. The summed E-state index contributed by atoms with van der Waals surface area (Å²) in [6, 6.07) is 8.01. The highest BCUT2D eigenvalue weighted by Crippen LogP contribution is 2.24. The lowest BCUT2D eigenvalue weighted by Crippen LogP contribution is -2.42. The molecule has 1 amide bonds. The zero-order chi connectivity index (χ0) is 19.5. The Kier molecular flexibility index (Phi) is 6.66. The summed E-state index contributed by atoms with van der Waals surface area (Å²) in [5.41, 5.74) is 4.75. The van der Waals surface area contributed by atoms with Crippen molar-refractivity contribution in [1.29, 1.82) is 0 Å². The Morgan fingerprint density at radius 3 is 2.79 bits per heavy atom. The summed E-state index contributed by atoms with van der Waals surface area (Å²) >= 11 is 0. The lowest BCUT2D eigenvalue weighted by molar-refractivity contribution is 0.0918. The molecule has 2 atom stereocenters. The highest BCUT2D eigenvalue weighted by atomic mass is 35.5. The minimum Gasteiger partial charge on any atom is -0.345 e. The van der Waals surface area contributed by atoms with Gasteiger partial charge in [0.2, 0.25) is 0 Å². The highest BCUT2D eigenvalue weighted by molar-refractivity contribution is 5.94. The maximum Gasteiger partial charge on any atom is 0.272 e. The van der Waals surface area contributed by atoms with Crippen LogP contribution in [-0.4, -0.2) is 43.5 Å². The third-order valence-electron chi connectivity index (χ3n) is 5.30. The van der Waals surface area contributed by atoms with Gasteiger partial charge in [-0.05, 0) is 18.9 Å². The van der Waals surface area contributed by atoms with Crippen molar-refractivity contribution in [2.45, 2.75) is 45.3 Å². The normalized spacial score (nSPS) is 15.1. The SMILES string of the molecule is CCC(NC(=O)c1n[nH]c2c1CNCC2)C(c1ccc(C)cc1)n1cncn1.Cl. The van der Waals surface area contributed by atoms with Gasteiger partial charge < -0.3 is 10.6 Å². The first-order valence-electron chi connectivity index (χ1n) is 9.65. The second-order valence-corrected chi connectivity index (χ2v) is 7.18. The van der Waals surface area contributed by atoms with E-state index in [0.717, 1.165) is 36.2 Å². The Bertz CT molecular complexity index is 936. The Balaban J connectivity index is 0.00000240. The van der Waals surface area contributed by atoms with E-state index in [2.05, 4.69) is 69.0 Å². The highest BCUT2D eigenvalue weighted by Gasteiger charge is 2.29. The molecule has 154 valence electrons. The maximum absolute atomic E-state index is 13.0. The van der Waals surface area contributed by atoms with E-state index >= 15 is 0 Å². The van der Waals surface area contributed by atoms with Gasteiger partial charge in [0.25, 0.3) is 5.91 Å². The smallest absolute Gasteiger partial charge is 0.272 e. The standard InChI is InChI=1S/C20H25N7O.ClH/c1-3-16(24-20(28)18-15-10-21-9-8-17(15)25-26-18)19(27-12-22-11-23-27)14-6-4-13(2)5-7-14;/h4-7,11-12,16,19,21H,3,8-10H2,1-2H3,(H,24,28)(H,25,26);1H. The van der Waals surface area contributed by atoms with E-state index < -0.39 is 0 Å². The monoisotopic (exact) mass is 415 g/mol. The van der Waals surface area contributed by atoms with Crippen LogP contribution in [0.3, 0.4) is 0 Å². The van der Waals surface area contributed by atoms with Crippen molar-refractivity contribution in [2.24, 2.45) is 0 Å². The van der Waals surface area contributed by atoms with Crippen molar-refractivity contribution >= 4 is 18.3 Å². The molecule has 2 unspecified atom stereocenters. The van der Waals surface area contributed by atoms with Crippen molar-refractivity contribution in [3.63, 3.8) is 0 Å². The Hall–Kier alpha value is -2.71. The van der Waals surface area contributed by atoms with E-state index in [1.807, 2.05) is 0 Å². The number of H-pyrrole nitrogens is 1. The maximum atomic E-state index is 13.0. The number of amides is 1. The van der Waals surface area contributed by atoms with Crippen LogP contribution in [0.4, 0.5) is 0 Å². The number of nitrogens with zero attached hydrogens (tertiary/aromatic N) is 4. The topological polar surface area (TPSA) is 101 Å². The molecule has 2 aromatic heterocycles. The van der Waals surface area contributed by atoms with Crippen LogP contribution in [0, 0.1) is 6.92 Å². The van der Waals surface area contributed by atoms with E-state index in [1.165, 1.54) is 11.9 Å². The first-order valence-corrected chi connectivity index (χ1v) is 9.65. The fourth-order valence-electron chi connectivity index (χ4n) is 3.75. The van der Waals surface area contributed by atoms with Gasteiger partial charge in [0, 0.05) is 30.8 Å². The summed E-state index contributed by atoms with van der Waals surface area (Å²) in [7, 11) is 0. The summed E-state index contributed by atoms with van der Waals surface area (Å²) in [4.78, 5) is 17.1. The van der Waals surface area contributed by atoms with E-state index in [4.69, 9.17) is 0 Å². The van der Waals surface area contributed by atoms with Gasteiger partial charge in [-0.3, -0.25) is 9.89 Å². The molecule has 8 nitrogen and oxygen atoms in total. The number of benzene rings is 1. The zero-order valence-electron chi connectivity index (χ0n) is 16.6. The van der Waals surface area contributed by atoms with E-state index in [1.54, 1.807) is 11.0 Å². The molecule has 0 bridgehead atoms. The minimum absolute atomic E-state index is 0. The molecule has 0 saturated carbocycles. The van der Waals surface area contributed by atoms with Gasteiger partial charge in [-0.15, -0.1) is 12.4 Å². The first-order chi connectivity index (χ1) is 13.7. The van der Waals surface area contributed by atoms with Crippen molar-refractivity contribution in [3.8, 4) is 0 Å². The fourth-order valence-corrected chi connectivity index (χ4v) is 3.75. The Morgan fingerprint density at radius 2 is 2.10 bits per heavy atom. The van der Waals surface area contributed by atoms with Crippen LogP contribution in [0.25, 0.3) is 0 Å². The largest absolute Gasteiger partial charge is 0.345 e. The van der Waals surface area contributed by atoms with E-state index in [0.29, 0.717) is 12.2 Å². The van der Waals surface area contributed by atoms with E-state index in [9.17, 15) is 4.79 Å². The molecule has 0 saturated heterocycles. The molecule has 3 aromatic rings. The van der Waals surface area contributed by atoms with Gasteiger partial charge in [-0.1, -0.05) is 36.8 Å². The number of aromatic amines is 1. The summed E-state index contributed by atoms with van der Waals surface area (Å²) in [5, 5.41) is 18.1. The number of aromatic nitrogens is 5. The Labute approximate surface area is 175 Å². The molecule has 3 heterocycles. The quantitative estimate of drug-likeness (QED) is 0.572. The minimum atomic E-state index is -0.162. The lowest BCUT2D eigenvalue weighted by Gasteiger charge is -2.27. The molecule has 0 radical (unpaired) electrons. The third-order valence-corrected chi connectivity index (χ3v) is 5.30. The predicted molar refractivity (Wildman–Crippen MR) is 112 cm³/mol. The number of carbonyl (C=O) groups is 1. The fraction of sp³-hybridized carbons (Fsp3) is 0.400. The molecule has 29 heavy (non-hydrogen) atoms. The summed E-state index contributed by atoms with van der Waals surface area (Å²) in [5.74, 6) is -0.162. The second kappa shape index (κ2) is 9.19. The van der Waals surface area contributed by atoms with Crippen LogP contribution >= 0.6 is 12.4 Å². The van der Waals surface area contributed by atoms with Gasteiger partial charge in [0.05, 0.1) is 12.1 Å². The van der Waals surface area contributed by atoms with Crippen LogP contribution in [0.2, 0.25) is 0 Å². The molecule has 0 aliphatic carbocycles. The van der Waals surface area contributed by atoms with Crippen molar-refractivity contribution < 1.29 is 4.79 Å². The molecular formula is C20H26ClN7O. The van der Waals surface area contributed by atoms with Crippen molar-refractivity contribution in [2.75, 3.05) is 6.54 Å². The van der Waals surface area contributed by atoms with Crippen LogP contribution in [0.1, 0.15) is 52.3 Å². The molecule has 4 rings (SSSR count). The molecule has 1 aliphatic rings. The predicted octanol–water partition coefficient (Wildman–Crippen LogP) is 2.18. The average molecular weight is 416 g/mol. The molecular weight excluding hydrogens is 390 g/mol. The lowest BCUT2D eigenvalue weighted by atomic mass is 9.96. The molecule has 1 aliphatic heterocycles. The third kappa shape index (κ3) is 4.33. The summed E-state index contributed by atoms with van der Waals surface area (Å²) < 4.78 is 1.81. The van der Waals surface area contributed by atoms with Gasteiger partial charge in [0.1, 0.15) is 12.7 Å². The Morgan fingerprint density at radius 1 is 1.31 bits per heavy atom. The number of fused-ring (bicyclic) bond motifs is 1. The first kappa shape index (κ1) is 21.0. The van der Waals surface area contributed by atoms with Crippen LogP contribution in [-0.2, 0) is 13.0 Å². The van der Waals surface area contributed by atoms with Gasteiger partial charge in [-0.25, -0.2) is 9.67 Å². The number of rotatable bonds is 6. The molecule has 1 aromatic carbocycles. The van der Waals surface area contributed by atoms with E-state index in [-0.39, 0.29) is 30.4 Å².